The number of halogens is 2. The monoisotopic (exact) mass is 419 g/mol. The molecule has 144 valence electrons. The fourth-order valence-corrected chi connectivity index (χ4v) is 3.02. The van der Waals surface area contributed by atoms with Crippen LogP contribution in [0.2, 0.25) is 10.0 Å². The van der Waals surface area contributed by atoms with Crippen molar-refractivity contribution in [2.24, 2.45) is 0 Å². The molecule has 0 aliphatic rings. The summed E-state index contributed by atoms with van der Waals surface area (Å²) in [6.45, 7) is 2.54. The summed E-state index contributed by atoms with van der Waals surface area (Å²) in [6.07, 6.45) is 2.63. The molecule has 3 rings (SSSR count). The van der Waals surface area contributed by atoms with Crippen molar-refractivity contribution >= 4 is 34.8 Å². The van der Waals surface area contributed by atoms with Crippen LogP contribution in [0.25, 0.3) is 5.69 Å². The van der Waals surface area contributed by atoms with Crippen molar-refractivity contribution in [3.8, 4) is 5.69 Å². The Morgan fingerprint density at radius 1 is 1.21 bits per heavy atom. The van der Waals surface area contributed by atoms with E-state index in [0.29, 0.717) is 23.1 Å². The molecular weight excluding hydrogens is 405 g/mol. The molecule has 0 aliphatic heterocycles. The van der Waals surface area contributed by atoms with Crippen LogP contribution in [-0.2, 0) is 6.54 Å². The van der Waals surface area contributed by atoms with Crippen molar-refractivity contribution in [2.75, 3.05) is 6.54 Å². The van der Waals surface area contributed by atoms with E-state index in [9.17, 15) is 14.9 Å². The molecule has 0 saturated heterocycles. The molecule has 0 unspecified atom stereocenters. The number of nitrogens with zero attached hydrogens (tertiary/aromatic N) is 5. The van der Waals surface area contributed by atoms with Gasteiger partial charge in [0.25, 0.3) is 11.6 Å². The van der Waals surface area contributed by atoms with Crippen LogP contribution in [-0.4, -0.2) is 37.0 Å². The minimum Gasteiger partial charge on any atom is -0.335 e. The molecule has 1 aromatic heterocycles. The van der Waals surface area contributed by atoms with Crippen LogP contribution >= 0.6 is 23.2 Å². The predicted molar refractivity (Wildman–Crippen MR) is 105 cm³/mol. The van der Waals surface area contributed by atoms with Gasteiger partial charge in [-0.05, 0) is 36.8 Å². The van der Waals surface area contributed by atoms with E-state index >= 15 is 0 Å². The number of aromatic nitrogens is 3. The van der Waals surface area contributed by atoms with Gasteiger partial charge in [0.05, 0.1) is 15.0 Å². The predicted octanol–water partition coefficient (Wildman–Crippen LogP) is 4.14. The molecule has 1 heterocycles. The minimum atomic E-state index is -0.553. The average molecular weight is 420 g/mol. The topological polar surface area (TPSA) is 94.2 Å². The summed E-state index contributed by atoms with van der Waals surface area (Å²) in [4.78, 5) is 29.2. The molecule has 28 heavy (non-hydrogen) atoms. The lowest BCUT2D eigenvalue weighted by Gasteiger charge is -2.21. The van der Waals surface area contributed by atoms with E-state index < -0.39 is 4.92 Å². The van der Waals surface area contributed by atoms with Gasteiger partial charge in [0.15, 0.2) is 0 Å². The van der Waals surface area contributed by atoms with E-state index in [2.05, 4.69) is 10.1 Å². The lowest BCUT2D eigenvalue weighted by molar-refractivity contribution is -0.384. The van der Waals surface area contributed by atoms with Gasteiger partial charge in [-0.1, -0.05) is 29.3 Å². The van der Waals surface area contributed by atoms with Crippen LogP contribution in [0.3, 0.4) is 0 Å². The molecule has 0 radical (unpaired) electrons. The summed E-state index contributed by atoms with van der Waals surface area (Å²) >= 11 is 12.0. The van der Waals surface area contributed by atoms with Gasteiger partial charge in [0.1, 0.15) is 18.3 Å². The van der Waals surface area contributed by atoms with Gasteiger partial charge >= 0.3 is 0 Å². The van der Waals surface area contributed by atoms with E-state index in [4.69, 9.17) is 23.2 Å². The Balaban J connectivity index is 1.90. The number of nitro groups is 1. The van der Waals surface area contributed by atoms with Crippen LogP contribution in [0.1, 0.15) is 22.8 Å². The van der Waals surface area contributed by atoms with Crippen LogP contribution in [0, 0.1) is 10.1 Å². The second-order valence-corrected chi connectivity index (χ2v) is 6.68. The third-order valence-corrected chi connectivity index (χ3v) is 4.85. The number of nitro benzene ring substituents is 1. The largest absolute Gasteiger partial charge is 0.335 e. The van der Waals surface area contributed by atoms with Crippen LogP contribution in [0.4, 0.5) is 5.69 Å². The number of rotatable bonds is 6. The van der Waals surface area contributed by atoms with E-state index in [1.165, 1.54) is 35.5 Å². The van der Waals surface area contributed by atoms with Gasteiger partial charge in [-0.2, -0.15) is 5.10 Å². The third kappa shape index (κ3) is 4.13. The molecule has 3 aromatic rings. The smallest absolute Gasteiger partial charge is 0.295 e. The first-order valence-corrected chi connectivity index (χ1v) is 9.03. The van der Waals surface area contributed by atoms with Gasteiger partial charge in [-0.15, -0.1) is 0 Å². The number of carbonyl (C=O) groups excluding carboxylic acids is 1. The van der Waals surface area contributed by atoms with Crippen molar-refractivity contribution < 1.29 is 9.72 Å². The van der Waals surface area contributed by atoms with E-state index in [1.54, 1.807) is 23.1 Å². The van der Waals surface area contributed by atoms with Crippen molar-refractivity contribution in [1.29, 1.82) is 0 Å². The molecule has 0 saturated carbocycles. The van der Waals surface area contributed by atoms with Gasteiger partial charge in [0, 0.05) is 24.7 Å². The number of hydrogen-bond acceptors (Lipinski definition) is 5. The van der Waals surface area contributed by atoms with Gasteiger partial charge in [-0.25, -0.2) is 9.67 Å². The molecule has 0 fully saturated rings. The summed E-state index contributed by atoms with van der Waals surface area (Å²) in [5.74, 6) is -0.332. The molecule has 0 aliphatic carbocycles. The maximum absolute atomic E-state index is 12.9. The Kier molecular flexibility index (Phi) is 5.91. The van der Waals surface area contributed by atoms with E-state index in [0.717, 1.165) is 5.56 Å². The van der Waals surface area contributed by atoms with E-state index in [-0.39, 0.29) is 22.8 Å². The van der Waals surface area contributed by atoms with Crippen LogP contribution in [0.5, 0.6) is 0 Å². The fourth-order valence-electron chi connectivity index (χ4n) is 2.70. The number of benzene rings is 2. The van der Waals surface area contributed by atoms with Crippen LogP contribution < -0.4 is 0 Å². The summed E-state index contributed by atoms with van der Waals surface area (Å²) in [6, 6.07) is 9.39. The summed E-state index contributed by atoms with van der Waals surface area (Å²) < 4.78 is 1.28. The molecule has 10 heteroatoms. The van der Waals surface area contributed by atoms with Crippen molar-refractivity contribution in [2.45, 2.75) is 13.5 Å². The third-order valence-electron chi connectivity index (χ3n) is 4.11. The van der Waals surface area contributed by atoms with Crippen LogP contribution in [0.15, 0.2) is 49.1 Å². The average Bonchev–Trinajstić information content (AvgIpc) is 3.22. The first kappa shape index (κ1) is 19.8. The van der Waals surface area contributed by atoms with Crippen molar-refractivity contribution in [3.63, 3.8) is 0 Å². The lowest BCUT2D eigenvalue weighted by Crippen LogP contribution is -2.30. The maximum Gasteiger partial charge on any atom is 0.295 e. The highest BCUT2D eigenvalue weighted by Gasteiger charge is 2.22. The zero-order valence-corrected chi connectivity index (χ0v) is 16.3. The Bertz CT molecular complexity index is 1020. The first-order chi connectivity index (χ1) is 13.4. The minimum absolute atomic E-state index is 0.206. The number of amides is 1. The van der Waals surface area contributed by atoms with Gasteiger partial charge in [-0.3, -0.25) is 14.9 Å². The maximum atomic E-state index is 12.9. The summed E-state index contributed by atoms with van der Waals surface area (Å²) in [5, 5.41) is 16.2. The molecule has 2 aromatic carbocycles. The molecule has 1 amide bonds. The molecule has 0 N–H and O–H groups in total. The Morgan fingerprint density at radius 3 is 2.61 bits per heavy atom. The SMILES string of the molecule is CCN(Cc1ccc(Cl)c(Cl)c1)C(=O)c1ccc(-n2cncn2)c([N+](=O)[O-])c1. The standard InChI is InChI=1S/C18H15Cl2N5O3/c1-2-23(9-12-3-5-14(19)15(20)7-12)18(26)13-4-6-16(17(8-13)25(27)28)24-11-21-10-22-24/h3-8,10-11H,2,9H2,1H3. The second-order valence-electron chi connectivity index (χ2n) is 5.87. The van der Waals surface area contributed by atoms with Gasteiger partial charge in [0.2, 0.25) is 0 Å². The zero-order valence-electron chi connectivity index (χ0n) is 14.7. The Hall–Kier alpha value is -2.97. The molecule has 0 bridgehead atoms. The molecule has 0 spiro atoms. The highest BCUT2D eigenvalue weighted by atomic mass is 35.5. The first-order valence-electron chi connectivity index (χ1n) is 8.27. The molecular formula is C18H15Cl2N5O3. The number of hydrogen-bond donors (Lipinski definition) is 0. The quantitative estimate of drug-likeness (QED) is 0.441. The Morgan fingerprint density at radius 2 is 2.00 bits per heavy atom. The van der Waals surface area contributed by atoms with E-state index in [1.807, 2.05) is 6.92 Å². The normalized spacial score (nSPS) is 10.7. The second kappa shape index (κ2) is 8.37. The fraction of sp³-hybridized carbons (Fsp3) is 0.167. The highest BCUT2D eigenvalue weighted by molar-refractivity contribution is 6.42. The number of carbonyl (C=O) groups is 1. The van der Waals surface area contributed by atoms with Gasteiger partial charge < -0.3 is 4.90 Å². The Labute approximate surface area is 170 Å². The van der Waals surface area contributed by atoms with Crippen molar-refractivity contribution in [1.82, 2.24) is 19.7 Å². The summed E-state index contributed by atoms with van der Waals surface area (Å²) in [5.41, 5.74) is 1.00. The molecule has 0 atom stereocenters. The zero-order chi connectivity index (χ0) is 20.3. The van der Waals surface area contributed by atoms with Crippen molar-refractivity contribution in [3.05, 3.63) is 80.3 Å². The highest BCUT2D eigenvalue weighted by Crippen LogP contribution is 2.26. The summed E-state index contributed by atoms with van der Waals surface area (Å²) in [7, 11) is 0. The molecule has 8 nitrogen and oxygen atoms in total. The lowest BCUT2D eigenvalue weighted by atomic mass is 10.1.